The number of unbranched alkanes of at least 4 members (excludes halogenated alkanes) is 1. The Morgan fingerprint density at radius 2 is 1.67 bits per heavy atom. The number of hydrogen-bond acceptors (Lipinski definition) is 6. The molecule has 0 bridgehead atoms. The van der Waals surface area contributed by atoms with E-state index in [0.29, 0.717) is 17.9 Å². The smallest absolute Gasteiger partial charge is 0.341 e. The van der Waals surface area contributed by atoms with E-state index >= 15 is 0 Å². The maximum Gasteiger partial charge on any atom is 0.341 e. The number of sulfonamides is 1. The largest absolute Gasteiger partial charge is 0.496 e. The third-order valence-corrected chi connectivity index (χ3v) is 11.6. The average Bonchev–Trinajstić information content (AvgIpc) is 3.13. The molecule has 0 amide bonds. The van der Waals surface area contributed by atoms with Gasteiger partial charge in [-0.2, -0.15) is 4.31 Å². The average molecular weight is 712 g/mol. The topological polar surface area (TPSA) is 102 Å². The zero-order chi connectivity index (χ0) is 36.7. The molecule has 1 aliphatic heterocycles. The van der Waals surface area contributed by atoms with E-state index in [-0.39, 0.29) is 29.4 Å². The number of carbonyl (C=O) groups is 1. The molecule has 0 saturated carbocycles. The molecule has 51 heavy (non-hydrogen) atoms. The van der Waals surface area contributed by atoms with E-state index in [1.54, 1.807) is 32.4 Å². The van der Waals surface area contributed by atoms with Crippen LogP contribution in [0.25, 0.3) is 11.1 Å². The highest BCUT2D eigenvalue weighted by Gasteiger charge is 2.42. The van der Waals surface area contributed by atoms with E-state index in [1.807, 2.05) is 80.6 Å². The Balaban J connectivity index is 1.57. The molecule has 5 rings (SSSR count). The lowest BCUT2D eigenvalue weighted by molar-refractivity contribution is -0.139. The standard InChI is InChI=1S/C42H49NO7S/c1-7-8-19-38-36(35-24-33(20-21-37(35)48-6)51(46,47)43(5)26-30-15-11-9-12-16-30)25-34(28(2)3)42(50-38)41-29(4)22-32(31-17-13-10-14-18-31)23-39(41)49-27-40(44)45/h9-18,20-24,34,36,38,42H,2,7-8,19,25-27H2,1,3-6H3,(H,44,45)/t34-,36-,38+,42+/m0/s1. The van der Waals surface area contributed by atoms with Crippen molar-refractivity contribution in [3.8, 4) is 22.6 Å². The number of nitrogens with zero attached hydrogens (tertiary/aromatic N) is 1. The van der Waals surface area contributed by atoms with Crippen molar-refractivity contribution in [2.45, 2.75) is 76.0 Å². The Bertz CT molecular complexity index is 1930. The van der Waals surface area contributed by atoms with Crippen LogP contribution in [0.1, 0.15) is 73.8 Å². The molecule has 0 unspecified atom stereocenters. The normalized spacial score (nSPS) is 19.1. The molecule has 0 radical (unpaired) electrons. The van der Waals surface area contributed by atoms with Gasteiger partial charge in [0, 0.05) is 36.6 Å². The monoisotopic (exact) mass is 711 g/mol. The summed E-state index contributed by atoms with van der Waals surface area (Å²) in [5, 5.41) is 9.58. The molecule has 1 aliphatic rings. The molecule has 8 nitrogen and oxygen atoms in total. The zero-order valence-corrected chi connectivity index (χ0v) is 31.0. The quantitative estimate of drug-likeness (QED) is 0.123. The molecular formula is C42H49NO7S. The van der Waals surface area contributed by atoms with E-state index in [1.165, 1.54) is 4.31 Å². The van der Waals surface area contributed by atoms with Gasteiger partial charge in [-0.25, -0.2) is 13.2 Å². The van der Waals surface area contributed by atoms with Crippen molar-refractivity contribution in [2.75, 3.05) is 20.8 Å². The lowest BCUT2D eigenvalue weighted by Gasteiger charge is -2.44. The summed E-state index contributed by atoms with van der Waals surface area (Å²) in [6, 6.07) is 28.5. The van der Waals surface area contributed by atoms with Crippen LogP contribution in [0.2, 0.25) is 0 Å². The minimum Gasteiger partial charge on any atom is -0.496 e. The highest BCUT2D eigenvalue weighted by molar-refractivity contribution is 7.89. The number of ether oxygens (including phenoxy) is 3. The van der Waals surface area contributed by atoms with E-state index in [2.05, 4.69) is 19.6 Å². The fourth-order valence-electron chi connectivity index (χ4n) is 7.11. The molecule has 1 heterocycles. The lowest BCUT2D eigenvalue weighted by Crippen LogP contribution is -2.37. The summed E-state index contributed by atoms with van der Waals surface area (Å²) in [7, 11) is -0.644. The van der Waals surface area contributed by atoms with Crippen LogP contribution < -0.4 is 9.47 Å². The third kappa shape index (κ3) is 8.72. The van der Waals surface area contributed by atoms with Gasteiger partial charge in [0.2, 0.25) is 10.0 Å². The summed E-state index contributed by atoms with van der Waals surface area (Å²) in [5.74, 6) is -0.393. The van der Waals surface area contributed by atoms with E-state index < -0.39 is 28.7 Å². The maximum absolute atomic E-state index is 13.9. The van der Waals surface area contributed by atoms with Crippen molar-refractivity contribution in [1.29, 1.82) is 0 Å². The number of aryl methyl sites for hydroxylation is 1. The zero-order valence-electron chi connectivity index (χ0n) is 30.2. The Morgan fingerprint density at radius 3 is 2.29 bits per heavy atom. The minimum atomic E-state index is -3.84. The van der Waals surface area contributed by atoms with Crippen LogP contribution in [0.15, 0.2) is 108 Å². The summed E-state index contributed by atoms with van der Waals surface area (Å²) in [4.78, 5) is 11.9. The fourth-order valence-corrected chi connectivity index (χ4v) is 8.31. The van der Waals surface area contributed by atoms with Gasteiger partial charge in [-0.3, -0.25) is 0 Å². The minimum absolute atomic E-state index is 0.188. The number of aliphatic carboxylic acids is 1. The van der Waals surface area contributed by atoms with Crippen LogP contribution in [-0.2, 0) is 26.1 Å². The van der Waals surface area contributed by atoms with Crippen LogP contribution >= 0.6 is 0 Å². The second-order valence-corrected chi connectivity index (χ2v) is 15.5. The molecule has 0 aliphatic carbocycles. The number of carboxylic acid groups (broad SMARTS) is 1. The number of hydrogen-bond donors (Lipinski definition) is 1. The van der Waals surface area contributed by atoms with Gasteiger partial charge in [0.25, 0.3) is 0 Å². The van der Waals surface area contributed by atoms with Crippen LogP contribution in [0.3, 0.4) is 0 Å². The first kappa shape index (κ1) is 37.8. The van der Waals surface area contributed by atoms with Crippen molar-refractivity contribution in [3.05, 3.63) is 125 Å². The van der Waals surface area contributed by atoms with Crippen LogP contribution in [0.4, 0.5) is 0 Å². The Kier molecular flexibility index (Phi) is 12.4. The predicted octanol–water partition coefficient (Wildman–Crippen LogP) is 8.95. The number of benzene rings is 4. The molecule has 270 valence electrons. The van der Waals surface area contributed by atoms with Gasteiger partial charge in [-0.05, 0) is 73.2 Å². The first-order valence-corrected chi connectivity index (χ1v) is 18.9. The Labute approximate surface area is 302 Å². The van der Waals surface area contributed by atoms with Gasteiger partial charge in [0.1, 0.15) is 11.5 Å². The fraction of sp³-hybridized carbons (Fsp3) is 0.357. The van der Waals surface area contributed by atoms with Gasteiger partial charge < -0.3 is 19.3 Å². The second kappa shape index (κ2) is 16.7. The number of methoxy groups -OCH3 is 1. The molecule has 1 N–H and O–H groups in total. The summed E-state index contributed by atoms with van der Waals surface area (Å²) in [6.07, 6.45) is 2.45. The molecule has 4 atom stereocenters. The van der Waals surface area contributed by atoms with Crippen molar-refractivity contribution in [2.24, 2.45) is 5.92 Å². The first-order chi connectivity index (χ1) is 24.4. The van der Waals surface area contributed by atoms with Crippen LogP contribution in [-0.4, -0.2) is 50.7 Å². The molecule has 9 heteroatoms. The van der Waals surface area contributed by atoms with Crippen molar-refractivity contribution < 1.29 is 32.5 Å². The van der Waals surface area contributed by atoms with Crippen molar-refractivity contribution in [3.63, 3.8) is 0 Å². The molecule has 4 aromatic carbocycles. The van der Waals surface area contributed by atoms with Crippen LogP contribution in [0.5, 0.6) is 11.5 Å². The highest BCUT2D eigenvalue weighted by Crippen LogP contribution is 2.52. The van der Waals surface area contributed by atoms with Gasteiger partial charge in [0.15, 0.2) is 6.61 Å². The van der Waals surface area contributed by atoms with E-state index in [9.17, 15) is 18.3 Å². The lowest BCUT2D eigenvalue weighted by atomic mass is 9.73. The van der Waals surface area contributed by atoms with Gasteiger partial charge in [-0.15, -0.1) is 0 Å². The second-order valence-electron chi connectivity index (χ2n) is 13.4. The van der Waals surface area contributed by atoms with Crippen molar-refractivity contribution >= 4 is 16.0 Å². The van der Waals surface area contributed by atoms with E-state index in [0.717, 1.165) is 58.2 Å². The first-order valence-electron chi connectivity index (χ1n) is 17.5. The summed E-state index contributed by atoms with van der Waals surface area (Å²) < 4.78 is 48.2. The van der Waals surface area contributed by atoms with E-state index in [4.69, 9.17) is 14.2 Å². The molecular weight excluding hydrogens is 663 g/mol. The SMILES string of the molecule is C=C(C)[C@@H]1C[C@@H](c2cc(S(=O)(=O)N(C)Cc3ccccc3)ccc2OC)[C@@H](CCCC)O[C@H]1c1c(C)cc(-c2ccccc2)cc1OCC(=O)O. The summed E-state index contributed by atoms with van der Waals surface area (Å²) in [5.41, 5.74) is 6.20. The predicted molar refractivity (Wildman–Crippen MR) is 201 cm³/mol. The summed E-state index contributed by atoms with van der Waals surface area (Å²) in [6.45, 7) is 10.2. The Morgan fingerprint density at radius 1 is 0.980 bits per heavy atom. The maximum atomic E-state index is 13.9. The third-order valence-electron chi connectivity index (χ3n) is 9.77. The number of carboxylic acids is 1. The Hall–Kier alpha value is -4.44. The van der Waals surface area contributed by atoms with Gasteiger partial charge >= 0.3 is 5.97 Å². The van der Waals surface area contributed by atoms with Crippen LogP contribution in [0, 0.1) is 12.8 Å². The molecule has 0 aromatic heterocycles. The molecule has 0 spiro atoms. The highest BCUT2D eigenvalue weighted by atomic mass is 32.2. The molecule has 4 aromatic rings. The van der Waals surface area contributed by atoms with Gasteiger partial charge in [-0.1, -0.05) is 98.6 Å². The summed E-state index contributed by atoms with van der Waals surface area (Å²) >= 11 is 0. The van der Waals surface area contributed by atoms with Gasteiger partial charge in [0.05, 0.1) is 24.2 Å². The van der Waals surface area contributed by atoms with Crippen molar-refractivity contribution in [1.82, 2.24) is 4.31 Å². The molecule has 1 fully saturated rings. The number of rotatable bonds is 15. The molecule has 1 saturated heterocycles.